The Labute approximate surface area is 136 Å². The van der Waals surface area contributed by atoms with Crippen molar-refractivity contribution in [2.45, 2.75) is 20.3 Å². The molecule has 2 amide bonds. The zero-order valence-corrected chi connectivity index (χ0v) is 13.5. The molecule has 2 aromatic carbocycles. The van der Waals surface area contributed by atoms with Gasteiger partial charge >= 0.3 is 0 Å². The number of benzene rings is 2. The van der Waals surface area contributed by atoms with Gasteiger partial charge in [-0.2, -0.15) is 0 Å². The molecule has 0 saturated carbocycles. The summed E-state index contributed by atoms with van der Waals surface area (Å²) in [6.07, 6.45) is 0.788. The van der Waals surface area contributed by atoms with Crippen molar-refractivity contribution in [3.8, 4) is 0 Å². The fraction of sp³-hybridized carbons (Fsp3) is 0.263. The summed E-state index contributed by atoms with van der Waals surface area (Å²) in [6.45, 7) is 4.23. The summed E-state index contributed by atoms with van der Waals surface area (Å²) in [7, 11) is 0. The predicted octanol–water partition coefficient (Wildman–Crippen LogP) is 3.25. The number of hydrogen-bond donors (Lipinski definition) is 2. The van der Waals surface area contributed by atoms with Gasteiger partial charge in [-0.25, -0.2) is 0 Å². The Morgan fingerprint density at radius 1 is 1.00 bits per heavy atom. The molecule has 0 aliphatic rings. The standard InChI is InChI=1S/C19H22N2O2/c1-14(2)18(22)21-17-10-6-9-16(13-17)19(23)20-12-11-15-7-4-3-5-8-15/h3-10,13-14H,11-12H2,1-2H3,(H,20,23)(H,21,22). The van der Waals surface area contributed by atoms with E-state index in [-0.39, 0.29) is 17.7 Å². The number of amides is 2. The van der Waals surface area contributed by atoms with Crippen molar-refractivity contribution in [3.05, 3.63) is 65.7 Å². The number of rotatable bonds is 6. The average Bonchev–Trinajstić information content (AvgIpc) is 2.56. The van der Waals surface area contributed by atoms with E-state index in [2.05, 4.69) is 10.6 Å². The number of nitrogens with one attached hydrogen (secondary N) is 2. The summed E-state index contributed by atoms with van der Waals surface area (Å²) < 4.78 is 0. The van der Waals surface area contributed by atoms with Gasteiger partial charge in [0.15, 0.2) is 0 Å². The monoisotopic (exact) mass is 310 g/mol. The molecule has 0 atom stereocenters. The van der Waals surface area contributed by atoms with Crippen LogP contribution in [0.3, 0.4) is 0 Å². The quantitative estimate of drug-likeness (QED) is 0.860. The Bertz CT molecular complexity index is 666. The first kappa shape index (κ1) is 16.7. The molecule has 0 aliphatic carbocycles. The van der Waals surface area contributed by atoms with E-state index < -0.39 is 0 Å². The van der Waals surface area contributed by atoms with E-state index in [9.17, 15) is 9.59 Å². The number of carbonyl (C=O) groups is 2. The van der Waals surface area contributed by atoms with Crippen molar-refractivity contribution in [3.63, 3.8) is 0 Å². The van der Waals surface area contributed by atoms with Crippen LogP contribution in [0.5, 0.6) is 0 Å². The van der Waals surface area contributed by atoms with Gasteiger partial charge in [-0.3, -0.25) is 9.59 Å². The van der Waals surface area contributed by atoms with Gasteiger partial charge in [0.25, 0.3) is 5.91 Å². The number of hydrogen-bond acceptors (Lipinski definition) is 2. The molecule has 0 radical (unpaired) electrons. The van der Waals surface area contributed by atoms with E-state index in [1.165, 1.54) is 5.56 Å². The Balaban J connectivity index is 1.90. The smallest absolute Gasteiger partial charge is 0.251 e. The van der Waals surface area contributed by atoms with E-state index in [0.29, 0.717) is 17.8 Å². The second-order valence-electron chi connectivity index (χ2n) is 5.72. The van der Waals surface area contributed by atoms with Crippen molar-refractivity contribution in [1.82, 2.24) is 5.32 Å². The van der Waals surface area contributed by atoms with Crippen LogP contribution in [0.15, 0.2) is 54.6 Å². The molecular weight excluding hydrogens is 288 g/mol. The molecule has 4 heteroatoms. The Hall–Kier alpha value is -2.62. The maximum Gasteiger partial charge on any atom is 0.251 e. The van der Waals surface area contributed by atoms with E-state index >= 15 is 0 Å². The number of anilines is 1. The molecule has 2 N–H and O–H groups in total. The summed E-state index contributed by atoms with van der Waals surface area (Å²) in [4.78, 5) is 23.9. The van der Waals surface area contributed by atoms with Gasteiger partial charge in [0.2, 0.25) is 5.91 Å². The second kappa shape index (κ2) is 8.13. The molecule has 0 aromatic heterocycles. The fourth-order valence-corrected chi connectivity index (χ4v) is 2.09. The van der Waals surface area contributed by atoms with Gasteiger partial charge in [-0.1, -0.05) is 50.2 Å². The topological polar surface area (TPSA) is 58.2 Å². The molecule has 23 heavy (non-hydrogen) atoms. The van der Waals surface area contributed by atoms with Gasteiger partial charge in [-0.15, -0.1) is 0 Å². The van der Waals surface area contributed by atoms with Crippen LogP contribution in [0.1, 0.15) is 29.8 Å². The molecule has 0 saturated heterocycles. The third kappa shape index (κ3) is 5.25. The van der Waals surface area contributed by atoms with Gasteiger partial charge in [0, 0.05) is 23.7 Å². The highest BCUT2D eigenvalue weighted by Gasteiger charge is 2.09. The SMILES string of the molecule is CC(C)C(=O)Nc1cccc(C(=O)NCCc2ccccc2)c1. The lowest BCUT2D eigenvalue weighted by molar-refractivity contribution is -0.118. The summed E-state index contributed by atoms with van der Waals surface area (Å²) in [6, 6.07) is 17.0. The first-order chi connectivity index (χ1) is 11.1. The van der Waals surface area contributed by atoms with E-state index in [4.69, 9.17) is 0 Å². The minimum absolute atomic E-state index is 0.0633. The van der Waals surface area contributed by atoms with Crippen molar-refractivity contribution in [2.75, 3.05) is 11.9 Å². The Morgan fingerprint density at radius 2 is 1.74 bits per heavy atom. The molecule has 0 unspecified atom stereocenters. The van der Waals surface area contributed by atoms with Crippen LogP contribution in [0.25, 0.3) is 0 Å². The van der Waals surface area contributed by atoms with Crippen LogP contribution in [0.4, 0.5) is 5.69 Å². The predicted molar refractivity (Wildman–Crippen MR) is 92.4 cm³/mol. The van der Waals surface area contributed by atoms with Crippen molar-refractivity contribution in [1.29, 1.82) is 0 Å². The fourth-order valence-electron chi connectivity index (χ4n) is 2.09. The van der Waals surface area contributed by atoms with Gasteiger partial charge < -0.3 is 10.6 Å². The summed E-state index contributed by atoms with van der Waals surface area (Å²) >= 11 is 0. The molecule has 0 aliphatic heterocycles. The van der Waals surface area contributed by atoms with Crippen LogP contribution in [0.2, 0.25) is 0 Å². The normalized spacial score (nSPS) is 10.4. The summed E-state index contributed by atoms with van der Waals surface area (Å²) in [5.74, 6) is -0.299. The Morgan fingerprint density at radius 3 is 2.43 bits per heavy atom. The van der Waals surface area contributed by atoms with E-state index in [0.717, 1.165) is 6.42 Å². The molecule has 2 aromatic rings. The summed E-state index contributed by atoms with van der Waals surface area (Å²) in [5.41, 5.74) is 2.37. The number of carbonyl (C=O) groups excluding carboxylic acids is 2. The maximum absolute atomic E-state index is 12.2. The third-order valence-electron chi connectivity index (χ3n) is 3.46. The highest BCUT2D eigenvalue weighted by Crippen LogP contribution is 2.12. The molecule has 0 bridgehead atoms. The molecular formula is C19H22N2O2. The van der Waals surface area contributed by atoms with Crippen molar-refractivity contribution >= 4 is 17.5 Å². The maximum atomic E-state index is 12.2. The largest absolute Gasteiger partial charge is 0.352 e. The third-order valence-corrected chi connectivity index (χ3v) is 3.46. The first-order valence-electron chi connectivity index (χ1n) is 7.79. The second-order valence-corrected chi connectivity index (χ2v) is 5.72. The van der Waals surface area contributed by atoms with Crippen LogP contribution >= 0.6 is 0 Å². The van der Waals surface area contributed by atoms with Crippen LogP contribution in [-0.4, -0.2) is 18.4 Å². The molecule has 2 rings (SSSR count). The lowest BCUT2D eigenvalue weighted by Crippen LogP contribution is -2.26. The van der Waals surface area contributed by atoms with E-state index in [1.807, 2.05) is 44.2 Å². The molecule has 120 valence electrons. The lowest BCUT2D eigenvalue weighted by atomic mass is 10.1. The van der Waals surface area contributed by atoms with Crippen LogP contribution in [-0.2, 0) is 11.2 Å². The van der Waals surface area contributed by atoms with Crippen molar-refractivity contribution in [2.24, 2.45) is 5.92 Å². The Kier molecular flexibility index (Phi) is 5.92. The van der Waals surface area contributed by atoms with E-state index in [1.54, 1.807) is 24.3 Å². The minimum Gasteiger partial charge on any atom is -0.352 e. The molecule has 0 fully saturated rings. The lowest BCUT2D eigenvalue weighted by Gasteiger charge is -2.10. The molecule has 0 heterocycles. The van der Waals surface area contributed by atoms with Crippen LogP contribution in [0, 0.1) is 5.92 Å². The highest BCUT2D eigenvalue weighted by molar-refractivity contribution is 5.97. The van der Waals surface area contributed by atoms with Gasteiger partial charge in [0.1, 0.15) is 0 Å². The zero-order valence-electron chi connectivity index (χ0n) is 13.5. The average molecular weight is 310 g/mol. The zero-order chi connectivity index (χ0) is 16.7. The minimum atomic E-state index is -0.137. The van der Waals surface area contributed by atoms with Crippen LogP contribution < -0.4 is 10.6 Å². The van der Waals surface area contributed by atoms with Crippen molar-refractivity contribution < 1.29 is 9.59 Å². The highest BCUT2D eigenvalue weighted by atomic mass is 16.2. The molecule has 0 spiro atoms. The van der Waals surface area contributed by atoms with Gasteiger partial charge in [0.05, 0.1) is 0 Å². The van der Waals surface area contributed by atoms with Gasteiger partial charge in [-0.05, 0) is 30.2 Å². The summed E-state index contributed by atoms with van der Waals surface area (Å²) in [5, 5.41) is 5.70. The first-order valence-corrected chi connectivity index (χ1v) is 7.79. The molecule has 4 nitrogen and oxygen atoms in total.